The summed E-state index contributed by atoms with van der Waals surface area (Å²) in [6.07, 6.45) is 0.103. The zero-order chi connectivity index (χ0) is 18.4. The second-order valence-corrected chi connectivity index (χ2v) is 6.29. The number of ketones is 2. The first-order valence-corrected chi connectivity index (χ1v) is 8.64. The van der Waals surface area contributed by atoms with E-state index in [9.17, 15) is 9.59 Å². The summed E-state index contributed by atoms with van der Waals surface area (Å²) in [6, 6.07) is 25.3. The highest BCUT2D eigenvalue weighted by atomic mass is 16.1. The van der Waals surface area contributed by atoms with Crippen molar-refractivity contribution in [2.24, 2.45) is 0 Å². The van der Waals surface area contributed by atoms with Crippen LogP contribution < -0.4 is 5.32 Å². The molecule has 0 aliphatic rings. The molecule has 0 aliphatic heterocycles. The van der Waals surface area contributed by atoms with Gasteiger partial charge in [-0.25, -0.2) is 0 Å². The maximum atomic E-state index is 13.0. The Hall–Kier alpha value is -3.20. The zero-order valence-corrected chi connectivity index (χ0v) is 14.7. The zero-order valence-electron chi connectivity index (χ0n) is 14.7. The summed E-state index contributed by atoms with van der Waals surface area (Å²) in [6.45, 7) is 2.01. The third kappa shape index (κ3) is 4.45. The normalized spacial score (nSPS) is 11.6. The molecule has 0 fully saturated rings. The summed E-state index contributed by atoms with van der Waals surface area (Å²) >= 11 is 0. The highest BCUT2D eigenvalue weighted by Gasteiger charge is 2.23. The van der Waals surface area contributed by atoms with Crippen molar-refractivity contribution >= 4 is 17.3 Å². The van der Waals surface area contributed by atoms with Crippen LogP contribution in [0.5, 0.6) is 0 Å². The van der Waals surface area contributed by atoms with Crippen LogP contribution in [0.15, 0.2) is 84.9 Å². The van der Waals surface area contributed by atoms with Crippen molar-refractivity contribution in [1.82, 2.24) is 0 Å². The minimum atomic E-state index is -0.618. The van der Waals surface area contributed by atoms with Crippen LogP contribution in [0.25, 0.3) is 0 Å². The second-order valence-electron chi connectivity index (χ2n) is 6.29. The number of rotatable bonds is 7. The lowest BCUT2D eigenvalue weighted by Gasteiger charge is -2.19. The predicted molar refractivity (Wildman–Crippen MR) is 105 cm³/mol. The van der Waals surface area contributed by atoms with Crippen LogP contribution in [-0.2, 0) is 0 Å². The number of aryl methyl sites for hydroxylation is 1. The highest BCUT2D eigenvalue weighted by Crippen LogP contribution is 2.17. The minimum absolute atomic E-state index is 0.0560. The van der Waals surface area contributed by atoms with Gasteiger partial charge in [-0.05, 0) is 19.1 Å². The molecular formula is C23H21NO2. The Kier molecular flexibility index (Phi) is 5.59. The summed E-state index contributed by atoms with van der Waals surface area (Å²) in [5.74, 6) is -0.144. The summed E-state index contributed by atoms with van der Waals surface area (Å²) in [4.78, 5) is 25.6. The number of anilines is 1. The Morgan fingerprint density at radius 1 is 0.769 bits per heavy atom. The van der Waals surface area contributed by atoms with Crippen LogP contribution >= 0.6 is 0 Å². The lowest BCUT2D eigenvalue weighted by molar-refractivity contribution is 0.0904. The van der Waals surface area contributed by atoms with Crippen LogP contribution in [0.3, 0.4) is 0 Å². The molecule has 1 unspecified atom stereocenters. The monoisotopic (exact) mass is 343 g/mol. The first-order valence-electron chi connectivity index (χ1n) is 8.64. The summed E-state index contributed by atoms with van der Waals surface area (Å²) in [7, 11) is 0. The summed E-state index contributed by atoms with van der Waals surface area (Å²) < 4.78 is 0. The van der Waals surface area contributed by atoms with E-state index in [4.69, 9.17) is 0 Å². The van der Waals surface area contributed by atoms with Gasteiger partial charge in [-0.3, -0.25) is 9.59 Å². The molecule has 0 radical (unpaired) electrons. The first-order chi connectivity index (χ1) is 12.6. The van der Waals surface area contributed by atoms with E-state index in [-0.39, 0.29) is 18.0 Å². The van der Waals surface area contributed by atoms with Crippen LogP contribution in [0, 0.1) is 6.92 Å². The fourth-order valence-corrected chi connectivity index (χ4v) is 2.79. The van der Waals surface area contributed by atoms with Crippen molar-refractivity contribution in [3.63, 3.8) is 0 Å². The molecule has 130 valence electrons. The smallest absolute Gasteiger partial charge is 0.185 e. The lowest BCUT2D eigenvalue weighted by Crippen LogP contribution is -2.32. The second kappa shape index (κ2) is 8.26. The molecule has 26 heavy (non-hydrogen) atoms. The number of Topliss-reactive ketones (excluding diaryl/α,β-unsaturated/α-hetero) is 2. The van der Waals surface area contributed by atoms with E-state index >= 15 is 0 Å². The lowest BCUT2D eigenvalue weighted by atomic mass is 9.96. The van der Waals surface area contributed by atoms with E-state index in [0.717, 1.165) is 11.3 Å². The molecule has 0 amide bonds. The third-order valence-electron chi connectivity index (χ3n) is 4.25. The molecule has 3 aromatic rings. The number of benzene rings is 3. The first kappa shape index (κ1) is 17.6. The maximum absolute atomic E-state index is 13.0. The molecule has 0 aromatic heterocycles. The van der Waals surface area contributed by atoms with Gasteiger partial charge in [0.05, 0.1) is 6.04 Å². The summed E-state index contributed by atoms with van der Waals surface area (Å²) in [5, 5.41) is 3.23. The van der Waals surface area contributed by atoms with Crippen LogP contribution in [0.2, 0.25) is 0 Å². The molecular weight excluding hydrogens is 322 g/mol. The van der Waals surface area contributed by atoms with Crippen molar-refractivity contribution in [2.45, 2.75) is 19.4 Å². The fourth-order valence-electron chi connectivity index (χ4n) is 2.79. The molecule has 1 atom stereocenters. The van der Waals surface area contributed by atoms with Crippen molar-refractivity contribution in [3.8, 4) is 0 Å². The molecule has 0 saturated heterocycles. The van der Waals surface area contributed by atoms with E-state index in [1.807, 2.05) is 67.6 Å². The standard InChI is InChI=1S/C23H21NO2/c1-17-12-14-20(15-13-17)24-21(23(26)19-10-6-3-7-11-19)16-22(25)18-8-4-2-5-9-18/h2-15,21,24H,16H2,1H3. The average Bonchev–Trinajstić information content (AvgIpc) is 2.70. The van der Waals surface area contributed by atoms with Gasteiger partial charge in [0.25, 0.3) is 0 Å². The van der Waals surface area contributed by atoms with Gasteiger partial charge in [0.2, 0.25) is 0 Å². The van der Waals surface area contributed by atoms with Gasteiger partial charge in [0.15, 0.2) is 11.6 Å². The number of hydrogen-bond donors (Lipinski definition) is 1. The van der Waals surface area contributed by atoms with E-state index < -0.39 is 6.04 Å². The molecule has 3 aromatic carbocycles. The van der Waals surface area contributed by atoms with Gasteiger partial charge < -0.3 is 5.32 Å². The Morgan fingerprint density at radius 3 is 1.88 bits per heavy atom. The summed E-state index contributed by atoms with van der Waals surface area (Å²) in [5.41, 5.74) is 3.18. The molecule has 0 heterocycles. The van der Waals surface area contributed by atoms with E-state index in [0.29, 0.717) is 11.1 Å². The molecule has 0 bridgehead atoms. The molecule has 0 saturated carbocycles. The molecule has 0 aliphatic carbocycles. The largest absolute Gasteiger partial charge is 0.375 e. The Morgan fingerprint density at radius 2 is 1.31 bits per heavy atom. The van der Waals surface area contributed by atoms with Crippen molar-refractivity contribution in [3.05, 3.63) is 102 Å². The molecule has 0 spiro atoms. The minimum Gasteiger partial charge on any atom is -0.375 e. The molecule has 1 N–H and O–H groups in total. The number of carbonyl (C=O) groups excluding carboxylic acids is 2. The number of carbonyl (C=O) groups is 2. The van der Waals surface area contributed by atoms with Gasteiger partial charge in [-0.2, -0.15) is 0 Å². The van der Waals surface area contributed by atoms with E-state index in [1.165, 1.54) is 0 Å². The molecule has 3 heteroatoms. The Labute approximate surface area is 153 Å². The average molecular weight is 343 g/mol. The van der Waals surface area contributed by atoms with E-state index in [1.54, 1.807) is 24.3 Å². The van der Waals surface area contributed by atoms with Crippen molar-refractivity contribution < 1.29 is 9.59 Å². The van der Waals surface area contributed by atoms with Crippen LogP contribution in [0.1, 0.15) is 32.7 Å². The quantitative estimate of drug-likeness (QED) is 0.619. The van der Waals surface area contributed by atoms with Crippen molar-refractivity contribution in [1.29, 1.82) is 0 Å². The topological polar surface area (TPSA) is 46.2 Å². The Bertz CT molecular complexity index is 871. The Balaban J connectivity index is 1.84. The third-order valence-corrected chi connectivity index (χ3v) is 4.25. The SMILES string of the molecule is Cc1ccc(NC(CC(=O)c2ccccc2)C(=O)c2ccccc2)cc1. The fraction of sp³-hybridized carbons (Fsp3) is 0.130. The predicted octanol–water partition coefficient (Wildman–Crippen LogP) is 4.93. The maximum Gasteiger partial charge on any atom is 0.185 e. The number of nitrogens with one attached hydrogen (secondary N) is 1. The highest BCUT2D eigenvalue weighted by molar-refractivity contribution is 6.06. The van der Waals surface area contributed by atoms with E-state index in [2.05, 4.69) is 5.32 Å². The van der Waals surface area contributed by atoms with Crippen molar-refractivity contribution in [2.75, 3.05) is 5.32 Å². The van der Waals surface area contributed by atoms with Gasteiger partial charge in [-0.1, -0.05) is 78.4 Å². The molecule has 3 rings (SSSR count). The van der Waals surface area contributed by atoms with Crippen LogP contribution in [0.4, 0.5) is 5.69 Å². The van der Waals surface area contributed by atoms with Gasteiger partial charge in [0.1, 0.15) is 0 Å². The van der Waals surface area contributed by atoms with Gasteiger partial charge >= 0.3 is 0 Å². The molecule has 3 nitrogen and oxygen atoms in total. The van der Waals surface area contributed by atoms with Crippen LogP contribution in [-0.4, -0.2) is 17.6 Å². The number of hydrogen-bond acceptors (Lipinski definition) is 3. The van der Waals surface area contributed by atoms with Gasteiger partial charge in [-0.15, -0.1) is 0 Å². The van der Waals surface area contributed by atoms with Gasteiger partial charge in [0, 0.05) is 23.2 Å².